The maximum absolute atomic E-state index is 12.6. The van der Waals surface area contributed by atoms with Crippen LogP contribution in [0.25, 0.3) is 17.1 Å². The van der Waals surface area contributed by atoms with E-state index in [2.05, 4.69) is 20.5 Å². The van der Waals surface area contributed by atoms with Gasteiger partial charge in [0.25, 0.3) is 5.69 Å². The van der Waals surface area contributed by atoms with Crippen LogP contribution in [-0.4, -0.2) is 36.3 Å². The van der Waals surface area contributed by atoms with Crippen LogP contribution in [0.15, 0.2) is 66.1 Å². The van der Waals surface area contributed by atoms with Gasteiger partial charge in [0.1, 0.15) is 0 Å². The lowest BCUT2D eigenvalue weighted by Crippen LogP contribution is -2.15. The van der Waals surface area contributed by atoms with E-state index in [1.807, 2.05) is 48.7 Å². The van der Waals surface area contributed by atoms with Crippen LogP contribution in [0.5, 0.6) is 0 Å². The number of halogens is 1. The number of thioether (sulfide) groups is 1. The van der Waals surface area contributed by atoms with Crippen molar-refractivity contribution in [1.29, 1.82) is 0 Å². The van der Waals surface area contributed by atoms with Crippen molar-refractivity contribution in [3.05, 3.63) is 87.2 Å². The minimum atomic E-state index is -0.548. The van der Waals surface area contributed by atoms with E-state index < -0.39 is 4.92 Å². The SMILES string of the molecule is Cc1ccc(-n2c(SCC(=O)Nc3cc([N+](=O)[O-])ccc3Cl)nnc2-c2ccncc2)cc1C. The highest BCUT2D eigenvalue weighted by Gasteiger charge is 2.19. The van der Waals surface area contributed by atoms with Crippen LogP contribution in [0.2, 0.25) is 5.02 Å². The number of carbonyl (C=O) groups excluding carboxylic acids is 1. The van der Waals surface area contributed by atoms with Gasteiger partial charge in [-0.2, -0.15) is 0 Å². The molecule has 0 saturated heterocycles. The molecule has 0 spiro atoms. The van der Waals surface area contributed by atoms with Crippen molar-refractivity contribution in [3.63, 3.8) is 0 Å². The average Bonchev–Trinajstić information content (AvgIpc) is 3.25. The average molecular weight is 495 g/mol. The van der Waals surface area contributed by atoms with Gasteiger partial charge in [-0.3, -0.25) is 24.5 Å². The molecule has 1 N–H and O–H groups in total. The van der Waals surface area contributed by atoms with Crippen molar-refractivity contribution in [2.24, 2.45) is 0 Å². The normalized spacial score (nSPS) is 10.8. The lowest BCUT2D eigenvalue weighted by Gasteiger charge is -2.12. The Morgan fingerprint density at radius 3 is 2.56 bits per heavy atom. The second-order valence-electron chi connectivity index (χ2n) is 7.40. The molecule has 172 valence electrons. The molecule has 0 aliphatic carbocycles. The maximum atomic E-state index is 12.6. The minimum absolute atomic E-state index is 0.00164. The van der Waals surface area contributed by atoms with E-state index in [4.69, 9.17) is 11.6 Å². The highest BCUT2D eigenvalue weighted by Crippen LogP contribution is 2.30. The number of hydrogen-bond acceptors (Lipinski definition) is 7. The molecule has 9 nitrogen and oxygen atoms in total. The van der Waals surface area contributed by atoms with Crippen molar-refractivity contribution in [2.45, 2.75) is 19.0 Å². The minimum Gasteiger partial charge on any atom is -0.324 e. The zero-order chi connectivity index (χ0) is 24.2. The number of aryl methyl sites for hydroxylation is 2. The molecule has 34 heavy (non-hydrogen) atoms. The number of nitrogens with zero attached hydrogens (tertiary/aromatic N) is 5. The Labute approximate surface area is 204 Å². The van der Waals surface area contributed by atoms with Gasteiger partial charge >= 0.3 is 0 Å². The smallest absolute Gasteiger partial charge is 0.271 e. The zero-order valence-corrected chi connectivity index (χ0v) is 19.8. The quantitative estimate of drug-likeness (QED) is 0.212. The summed E-state index contributed by atoms with van der Waals surface area (Å²) in [6.07, 6.45) is 3.36. The first-order valence-electron chi connectivity index (χ1n) is 10.1. The third-order valence-electron chi connectivity index (χ3n) is 5.09. The summed E-state index contributed by atoms with van der Waals surface area (Å²) >= 11 is 7.29. The molecular formula is C23H19ClN6O3S. The van der Waals surface area contributed by atoms with E-state index >= 15 is 0 Å². The van der Waals surface area contributed by atoms with E-state index in [1.165, 1.54) is 30.0 Å². The van der Waals surface area contributed by atoms with Crippen LogP contribution in [0, 0.1) is 24.0 Å². The Morgan fingerprint density at radius 1 is 1.09 bits per heavy atom. The highest BCUT2D eigenvalue weighted by molar-refractivity contribution is 7.99. The second kappa shape index (κ2) is 10.0. The van der Waals surface area contributed by atoms with Crippen molar-refractivity contribution < 1.29 is 9.72 Å². The third-order valence-corrected chi connectivity index (χ3v) is 6.35. The number of anilines is 1. The summed E-state index contributed by atoms with van der Waals surface area (Å²) in [7, 11) is 0. The van der Waals surface area contributed by atoms with Crippen LogP contribution in [0.4, 0.5) is 11.4 Å². The lowest BCUT2D eigenvalue weighted by molar-refractivity contribution is -0.384. The summed E-state index contributed by atoms with van der Waals surface area (Å²) in [6.45, 7) is 4.06. The fourth-order valence-corrected chi connectivity index (χ4v) is 4.10. The Bertz CT molecular complexity index is 1380. The van der Waals surface area contributed by atoms with Crippen molar-refractivity contribution in [3.8, 4) is 17.1 Å². The number of nitrogens with one attached hydrogen (secondary N) is 1. The van der Waals surface area contributed by atoms with E-state index in [0.29, 0.717) is 11.0 Å². The summed E-state index contributed by atoms with van der Waals surface area (Å²) in [6, 6.07) is 13.6. The summed E-state index contributed by atoms with van der Waals surface area (Å²) < 4.78 is 1.89. The molecule has 11 heteroatoms. The number of carbonyl (C=O) groups is 1. The largest absolute Gasteiger partial charge is 0.324 e. The summed E-state index contributed by atoms with van der Waals surface area (Å²) in [5.74, 6) is 0.237. The number of nitro groups is 1. The highest BCUT2D eigenvalue weighted by atomic mass is 35.5. The maximum Gasteiger partial charge on any atom is 0.271 e. The molecule has 1 amide bonds. The Kier molecular flexibility index (Phi) is 6.90. The van der Waals surface area contributed by atoms with E-state index in [1.54, 1.807) is 12.4 Å². The van der Waals surface area contributed by atoms with Gasteiger partial charge in [-0.05, 0) is 55.3 Å². The van der Waals surface area contributed by atoms with Gasteiger partial charge in [0.15, 0.2) is 11.0 Å². The molecule has 0 fully saturated rings. The molecule has 0 atom stereocenters. The second-order valence-corrected chi connectivity index (χ2v) is 8.75. The molecule has 0 radical (unpaired) electrons. The monoisotopic (exact) mass is 494 g/mol. The molecule has 2 aromatic heterocycles. The predicted octanol–water partition coefficient (Wildman–Crippen LogP) is 5.24. The standard InChI is InChI=1S/C23H19ClN6O3S/c1-14-3-4-17(11-15(14)2)29-22(16-7-9-25-10-8-16)27-28-23(29)34-13-21(31)26-20-12-18(30(32)33)5-6-19(20)24/h3-12H,13H2,1-2H3,(H,26,31). The lowest BCUT2D eigenvalue weighted by atomic mass is 10.1. The number of hydrogen-bond donors (Lipinski definition) is 1. The molecule has 0 unspecified atom stereocenters. The van der Waals surface area contributed by atoms with Gasteiger partial charge in [0.2, 0.25) is 5.91 Å². The predicted molar refractivity (Wildman–Crippen MR) is 132 cm³/mol. The molecule has 0 aliphatic rings. The Balaban J connectivity index is 1.60. The first kappa shape index (κ1) is 23.4. The van der Waals surface area contributed by atoms with Crippen LogP contribution in [-0.2, 0) is 4.79 Å². The van der Waals surface area contributed by atoms with Gasteiger partial charge in [-0.25, -0.2) is 0 Å². The first-order chi connectivity index (χ1) is 16.3. The molecule has 0 aliphatic heterocycles. The number of benzene rings is 2. The summed E-state index contributed by atoms with van der Waals surface area (Å²) in [5.41, 5.74) is 3.98. The summed E-state index contributed by atoms with van der Waals surface area (Å²) in [5, 5.41) is 23.1. The number of non-ortho nitro benzene ring substituents is 1. The van der Waals surface area contributed by atoms with Crippen LogP contribution < -0.4 is 5.32 Å². The Hall–Kier alpha value is -3.76. The number of rotatable bonds is 7. The number of aromatic nitrogens is 4. The van der Waals surface area contributed by atoms with Gasteiger partial charge in [-0.15, -0.1) is 10.2 Å². The van der Waals surface area contributed by atoms with Gasteiger partial charge in [0.05, 0.1) is 27.1 Å². The molecule has 4 aromatic rings. The van der Waals surface area contributed by atoms with E-state index in [-0.39, 0.29) is 28.1 Å². The first-order valence-corrected chi connectivity index (χ1v) is 11.5. The van der Waals surface area contributed by atoms with Crippen LogP contribution in [0.1, 0.15) is 11.1 Å². The molecule has 0 saturated carbocycles. The summed E-state index contributed by atoms with van der Waals surface area (Å²) in [4.78, 5) is 27.2. The van der Waals surface area contributed by atoms with E-state index in [0.717, 1.165) is 22.4 Å². The third kappa shape index (κ3) is 5.08. The van der Waals surface area contributed by atoms with Crippen molar-refractivity contribution >= 4 is 40.6 Å². The topological polar surface area (TPSA) is 116 Å². The van der Waals surface area contributed by atoms with Gasteiger partial charge < -0.3 is 5.32 Å². The van der Waals surface area contributed by atoms with Gasteiger partial charge in [0, 0.05) is 30.1 Å². The number of nitro benzene ring substituents is 1. The number of pyridine rings is 1. The molecule has 4 rings (SSSR count). The Morgan fingerprint density at radius 2 is 1.85 bits per heavy atom. The van der Waals surface area contributed by atoms with Crippen molar-refractivity contribution in [2.75, 3.05) is 11.1 Å². The fraction of sp³-hybridized carbons (Fsp3) is 0.130. The zero-order valence-electron chi connectivity index (χ0n) is 18.2. The van der Waals surface area contributed by atoms with Crippen LogP contribution in [0.3, 0.4) is 0 Å². The number of amides is 1. The molecule has 2 aromatic carbocycles. The van der Waals surface area contributed by atoms with E-state index in [9.17, 15) is 14.9 Å². The van der Waals surface area contributed by atoms with Crippen LogP contribution >= 0.6 is 23.4 Å². The fourth-order valence-electron chi connectivity index (χ4n) is 3.19. The molecule has 2 heterocycles. The molecular weight excluding hydrogens is 476 g/mol. The molecule has 0 bridgehead atoms. The van der Waals surface area contributed by atoms with Crippen molar-refractivity contribution in [1.82, 2.24) is 19.7 Å². The van der Waals surface area contributed by atoms with Gasteiger partial charge in [-0.1, -0.05) is 29.4 Å².